The van der Waals surface area contributed by atoms with Crippen LogP contribution in [0, 0.1) is 0 Å². The van der Waals surface area contributed by atoms with Crippen LogP contribution in [0.3, 0.4) is 0 Å². The Balaban J connectivity index is 0.000000171. The lowest BCUT2D eigenvalue weighted by Gasteiger charge is -2.25. The first-order valence-corrected chi connectivity index (χ1v) is 9.80. The van der Waals surface area contributed by atoms with Crippen LogP contribution in [0.2, 0.25) is 0 Å². The van der Waals surface area contributed by atoms with Crippen LogP contribution in [-0.2, 0) is 11.3 Å². The van der Waals surface area contributed by atoms with Crippen LogP contribution < -0.4 is 22.9 Å². The molecule has 0 atom stereocenters. The van der Waals surface area contributed by atoms with Crippen LogP contribution in [0.4, 0.5) is 0 Å². The number of benzene rings is 4. The average Bonchev–Trinajstić information content (AvgIpc) is 2.82. The highest BCUT2D eigenvalue weighted by Gasteiger charge is 2.24. The predicted octanol–water partition coefficient (Wildman–Crippen LogP) is 3.61. The molecule has 0 unspecified atom stereocenters. The zero-order valence-electron chi connectivity index (χ0n) is 16.9. The Morgan fingerprint density at radius 3 is 0.633 bits per heavy atom. The number of rotatable bonds is 4. The van der Waals surface area contributed by atoms with Crippen molar-refractivity contribution in [1.82, 2.24) is 0 Å². The van der Waals surface area contributed by atoms with Crippen molar-refractivity contribution < 1.29 is 0 Å². The van der Waals surface area contributed by atoms with E-state index in [2.05, 4.69) is 0 Å². The molecule has 0 saturated heterocycles. The molecule has 0 amide bonds. The van der Waals surface area contributed by atoms with Gasteiger partial charge in [0.2, 0.25) is 0 Å². The molecule has 4 aromatic carbocycles. The predicted molar refractivity (Wildman–Crippen MR) is 124 cm³/mol. The first-order valence-electron chi connectivity index (χ1n) is 9.80. The molecule has 0 radical (unpaired) electrons. The topological polar surface area (TPSA) is 104 Å². The summed E-state index contributed by atoms with van der Waals surface area (Å²) in [6.45, 7) is 0. The minimum absolute atomic E-state index is 0.913. The third kappa shape index (κ3) is 5.00. The van der Waals surface area contributed by atoms with Gasteiger partial charge in [-0.3, -0.25) is 0 Å². The molecular formula is C26H28N4. The van der Waals surface area contributed by atoms with E-state index in [9.17, 15) is 0 Å². The molecule has 30 heavy (non-hydrogen) atoms. The number of nitrogens with two attached hydrogens (primary N) is 4. The van der Waals surface area contributed by atoms with Crippen molar-refractivity contribution in [3.63, 3.8) is 0 Å². The molecule has 0 aromatic heterocycles. The highest BCUT2D eigenvalue weighted by Crippen LogP contribution is 2.21. The van der Waals surface area contributed by atoms with E-state index in [4.69, 9.17) is 22.9 Å². The van der Waals surface area contributed by atoms with Gasteiger partial charge in [0.25, 0.3) is 0 Å². The maximum absolute atomic E-state index is 6.14. The number of hydrogen-bond donors (Lipinski definition) is 4. The second kappa shape index (κ2) is 9.48. The maximum atomic E-state index is 6.14. The largest absolute Gasteiger partial charge is 0.306 e. The van der Waals surface area contributed by atoms with E-state index in [1.807, 2.05) is 121 Å². The fourth-order valence-corrected chi connectivity index (χ4v) is 3.19. The van der Waals surface area contributed by atoms with E-state index < -0.39 is 11.3 Å². The third-order valence-electron chi connectivity index (χ3n) is 5.01. The van der Waals surface area contributed by atoms with Crippen LogP contribution in [0.25, 0.3) is 0 Å². The van der Waals surface area contributed by atoms with Gasteiger partial charge in [-0.1, -0.05) is 121 Å². The Labute approximate surface area is 178 Å². The Morgan fingerprint density at radius 2 is 0.467 bits per heavy atom. The Bertz CT molecular complexity index is 846. The molecule has 0 heterocycles. The summed E-state index contributed by atoms with van der Waals surface area (Å²) in [5, 5.41) is 0. The Morgan fingerprint density at radius 1 is 0.300 bits per heavy atom. The summed E-state index contributed by atoms with van der Waals surface area (Å²) in [5.74, 6) is 0. The lowest BCUT2D eigenvalue weighted by atomic mass is 9.93. The van der Waals surface area contributed by atoms with Gasteiger partial charge in [0.15, 0.2) is 0 Å². The van der Waals surface area contributed by atoms with Crippen LogP contribution >= 0.6 is 0 Å². The highest BCUT2D eigenvalue weighted by molar-refractivity contribution is 5.37. The molecule has 4 aromatic rings. The van der Waals surface area contributed by atoms with Crippen molar-refractivity contribution in [2.75, 3.05) is 0 Å². The van der Waals surface area contributed by atoms with Crippen molar-refractivity contribution in [3.8, 4) is 0 Å². The van der Waals surface area contributed by atoms with Gasteiger partial charge in [-0.05, 0) is 22.3 Å². The van der Waals surface area contributed by atoms with Crippen LogP contribution in [0.15, 0.2) is 121 Å². The molecule has 0 aliphatic heterocycles. The van der Waals surface area contributed by atoms with Crippen LogP contribution in [0.1, 0.15) is 22.3 Å². The highest BCUT2D eigenvalue weighted by atomic mass is 15.0. The van der Waals surface area contributed by atoms with Crippen molar-refractivity contribution in [2.45, 2.75) is 11.3 Å². The molecule has 0 aliphatic carbocycles. The summed E-state index contributed by atoms with van der Waals surface area (Å²) in [4.78, 5) is 0. The zero-order chi connectivity index (χ0) is 21.5. The van der Waals surface area contributed by atoms with Crippen molar-refractivity contribution in [1.29, 1.82) is 0 Å². The summed E-state index contributed by atoms with van der Waals surface area (Å²) in [6.07, 6.45) is 0. The summed E-state index contributed by atoms with van der Waals surface area (Å²) < 4.78 is 0. The van der Waals surface area contributed by atoms with E-state index >= 15 is 0 Å². The third-order valence-corrected chi connectivity index (χ3v) is 5.01. The number of hydrogen-bond acceptors (Lipinski definition) is 4. The van der Waals surface area contributed by atoms with Crippen molar-refractivity contribution in [2.24, 2.45) is 22.9 Å². The fourth-order valence-electron chi connectivity index (χ4n) is 3.19. The van der Waals surface area contributed by atoms with Crippen molar-refractivity contribution >= 4 is 0 Å². The maximum Gasteiger partial charge on any atom is 0.116 e. The zero-order valence-corrected chi connectivity index (χ0v) is 16.9. The molecule has 4 heteroatoms. The van der Waals surface area contributed by atoms with Crippen LogP contribution in [-0.4, -0.2) is 0 Å². The quantitative estimate of drug-likeness (QED) is 0.396. The van der Waals surface area contributed by atoms with Gasteiger partial charge in [-0.15, -0.1) is 0 Å². The summed E-state index contributed by atoms with van der Waals surface area (Å²) in [7, 11) is 0. The standard InChI is InChI=1S/2C13H14N2/c2*14-13(15,11-7-3-1-4-8-11)12-9-5-2-6-10-12/h2*1-10H,14-15H2. The van der Waals surface area contributed by atoms with E-state index in [0.717, 1.165) is 22.3 Å². The molecule has 4 nitrogen and oxygen atoms in total. The van der Waals surface area contributed by atoms with E-state index in [0.29, 0.717) is 0 Å². The van der Waals surface area contributed by atoms with Crippen molar-refractivity contribution in [3.05, 3.63) is 144 Å². The smallest absolute Gasteiger partial charge is 0.116 e. The fraction of sp³-hybridized carbons (Fsp3) is 0.0769. The molecule has 0 saturated carbocycles. The molecule has 4 rings (SSSR count). The average molecular weight is 397 g/mol. The summed E-state index contributed by atoms with van der Waals surface area (Å²) in [6, 6.07) is 38.8. The molecule has 0 bridgehead atoms. The lowest BCUT2D eigenvalue weighted by molar-refractivity contribution is 0.567. The molecule has 152 valence electrons. The van der Waals surface area contributed by atoms with Gasteiger partial charge in [0.05, 0.1) is 0 Å². The molecule has 0 aliphatic rings. The van der Waals surface area contributed by atoms with E-state index in [-0.39, 0.29) is 0 Å². The SMILES string of the molecule is NC(N)(c1ccccc1)c1ccccc1.NC(N)(c1ccccc1)c1ccccc1. The molecular weight excluding hydrogens is 368 g/mol. The molecule has 0 spiro atoms. The summed E-state index contributed by atoms with van der Waals surface area (Å²) in [5.41, 5.74) is 26.4. The molecule has 8 N–H and O–H groups in total. The van der Waals surface area contributed by atoms with Gasteiger partial charge >= 0.3 is 0 Å². The second-order valence-corrected chi connectivity index (χ2v) is 7.20. The lowest BCUT2D eigenvalue weighted by Crippen LogP contribution is -2.47. The Kier molecular flexibility index (Phi) is 6.77. The Hall–Kier alpha value is -3.28. The monoisotopic (exact) mass is 396 g/mol. The second-order valence-electron chi connectivity index (χ2n) is 7.20. The molecule has 0 fully saturated rings. The van der Waals surface area contributed by atoms with E-state index in [1.165, 1.54) is 0 Å². The first kappa shape index (κ1) is 21.4. The first-order chi connectivity index (χ1) is 14.4. The normalized spacial score (nSPS) is 11.3. The van der Waals surface area contributed by atoms with Crippen LogP contribution in [0.5, 0.6) is 0 Å². The summed E-state index contributed by atoms with van der Waals surface area (Å²) >= 11 is 0. The van der Waals surface area contributed by atoms with Gasteiger partial charge in [-0.2, -0.15) is 0 Å². The van der Waals surface area contributed by atoms with Gasteiger partial charge in [0.1, 0.15) is 11.3 Å². The van der Waals surface area contributed by atoms with Gasteiger partial charge < -0.3 is 22.9 Å². The minimum Gasteiger partial charge on any atom is -0.306 e. The van der Waals surface area contributed by atoms with E-state index in [1.54, 1.807) is 0 Å². The minimum atomic E-state index is -0.914. The van der Waals surface area contributed by atoms with Gasteiger partial charge in [0, 0.05) is 0 Å². The van der Waals surface area contributed by atoms with Gasteiger partial charge in [-0.25, -0.2) is 0 Å².